The Balaban J connectivity index is 1.49. The van der Waals surface area contributed by atoms with Crippen molar-refractivity contribution in [2.24, 2.45) is 0 Å². The van der Waals surface area contributed by atoms with Crippen molar-refractivity contribution >= 4 is 16.8 Å². The Morgan fingerprint density at radius 2 is 2.12 bits per heavy atom. The van der Waals surface area contributed by atoms with E-state index in [2.05, 4.69) is 27.1 Å². The standard InChI is InChI=1S/C19H15N3O3/c23-18(16-6-4-11-22-19(16)24)21-9-1-2-12-25-15-8-7-14-5-3-10-20-17(14)13-15/h3-8,10-11,13H,9,12H2,(H,21,23)(H,22,24). The van der Waals surface area contributed by atoms with E-state index in [0.717, 1.165) is 10.9 Å². The predicted molar refractivity (Wildman–Crippen MR) is 94.4 cm³/mol. The summed E-state index contributed by atoms with van der Waals surface area (Å²) >= 11 is 0. The van der Waals surface area contributed by atoms with Crippen molar-refractivity contribution in [1.82, 2.24) is 15.3 Å². The summed E-state index contributed by atoms with van der Waals surface area (Å²) in [5, 5.41) is 3.61. The lowest BCUT2D eigenvalue weighted by Gasteiger charge is -2.03. The first-order chi connectivity index (χ1) is 12.2. The Hall–Kier alpha value is -3.59. The number of hydrogen-bond acceptors (Lipinski definition) is 4. The van der Waals surface area contributed by atoms with Crippen molar-refractivity contribution in [2.75, 3.05) is 13.2 Å². The summed E-state index contributed by atoms with van der Waals surface area (Å²) in [5.41, 5.74) is 0.485. The fourth-order valence-corrected chi connectivity index (χ4v) is 2.19. The number of carbonyl (C=O) groups excluding carboxylic acids is 1. The van der Waals surface area contributed by atoms with E-state index < -0.39 is 11.5 Å². The summed E-state index contributed by atoms with van der Waals surface area (Å²) in [6.07, 6.45) is 3.20. The molecular formula is C19H15N3O3. The lowest BCUT2D eigenvalue weighted by molar-refractivity contribution is 0.0957. The summed E-state index contributed by atoms with van der Waals surface area (Å²) in [5.74, 6) is 5.81. The molecule has 0 aliphatic rings. The molecule has 3 aromatic rings. The molecule has 6 nitrogen and oxygen atoms in total. The molecule has 0 radical (unpaired) electrons. The van der Waals surface area contributed by atoms with Gasteiger partial charge < -0.3 is 15.0 Å². The minimum Gasteiger partial charge on any atom is -0.481 e. The Morgan fingerprint density at radius 3 is 3.00 bits per heavy atom. The fraction of sp³-hybridized carbons (Fsp3) is 0.105. The van der Waals surface area contributed by atoms with E-state index in [1.807, 2.05) is 30.3 Å². The van der Waals surface area contributed by atoms with E-state index >= 15 is 0 Å². The summed E-state index contributed by atoms with van der Waals surface area (Å²) in [6.45, 7) is 0.329. The number of aromatic nitrogens is 2. The first-order valence-electron chi connectivity index (χ1n) is 7.63. The smallest absolute Gasteiger partial charge is 0.260 e. The van der Waals surface area contributed by atoms with Gasteiger partial charge in [0.2, 0.25) is 0 Å². The number of H-pyrrole nitrogens is 1. The number of benzene rings is 1. The van der Waals surface area contributed by atoms with Crippen molar-refractivity contribution in [1.29, 1.82) is 0 Å². The number of rotatable bonds is 4. The van der Waals surface area contributed by atoms with Crippen LogP contribution in [0.15, 0.2) is 59.7 Å². The lowest BCUT2D eigenvalue weighted by atomic mass is 10.2. The molecule has 1 amide bonds. The molecule has 0 aliphatic carbocycles. The van der Waals surface area contributed by atoms with E-state index in [4.69, 9.17) is 4.74 Å². The van der Waals surface area contributed by atoms with Gasteiger partial charge in [-0.15, -0.1) is 0 Å². The Bertz CT molecular complexity index is 1020. The zero-order chi connectivity index (χ0) is 17.5. The van der Waals surface area contributed by atoms with Gasteiger partial charge in [-0.1, -0.05) is 17.9 Å². The van der Waals surface area contributed by atoms with Crippen LogP contribution in [0, 0.1) is 11.8 Å². The average Bonchev–Trinajstić information content (AvgIpc) is 2.64. The van der Waals surface area contributed by atoms with Gasteiger partial charge in [0.1, 0.15) is 17.9 Å². The lowest BCUT2D eigenvalue weighted by Crippen LogP contribution is -2.29. The van der Waals surface area contributed by atoms with Gasteiger partial charge in [-0.25, -0.2) is 0 Å². The summed E-state index contributed by atoms with van der Waals surface area (Å²) in [7, 11) is 0. The Morgan fingerprint density at radius 1 is 1.20 bits per heavy atom. The zero-order valence-electron chi connectivity index (χ0n) is 13.3. The van der Waals surface area contributed by atoms with Crippen LogP contribution in [0.4, 0.5) is 0 Å². The number of carbonyl (C=O) groups is 1. The summed E-state index contributed by atoms with van der Waals surface area (Å²) in [4.78, 5) is 30.0. The second-order valence-corrected chi connectivity index (χ2v) is 5.10. The number of pyridine rings is 2. The molecule has 3 rings (SSSR count). The highest BCUT2D eigenvalue weighted by Gasteiger charge is 2.07. The van der Waals surface area contributed by atoms with Crippen molar-refractivity contribution in [3.05, 3.63) is 70.8 Å². The van der Waals surface area contributed by atoms with Crippen LogP contribution in [0.1, 0.15) is 10.4 Å². The van der Waals surface area contributed by atoms with Crippen molar-refractivity contribution in [3.8, 4) is 17.6 Å². The molecule has 0 atom stereocenters. The molecule has 0 fully saturated rings. The normalized spacial score (nSPS) is 9.92. The van der Waals surface area contributed by atoms with Crippen LogP contribution in [-0.4, -0.2) is 29.0 Å². The van der Waals surface area contributed by atoms with Crippen LogP contribution in [0.5, 0.6) is 5.75 Å². The fourth-order valence-electron chi connectivity index (χ4n) is 2.19. The molecule has 2 aromatic heterocycles. The summed E-state index contributed by atoms with van der Waals surface area (Å²) < 4.78 is 5.54. The quantitative estimate of drug-likeness (QED) is 0.712. The molecule has 0 aliphatic heterocycles. The molecule has 2 heterocycles. The minimum absolute atomic E-state index is 0.0595. The first-order valence-corrected chi connectivity index (χ1v) is 7.63. The topological polar surface area (TPSA) is 84.1 Å². The molecule has 6 heteroatoms. The van der Waals surface area contributed by atoms with Crippen molar-refractivity contribution < 1.29 is 9.53 Å². The summed E-state index contributed by atoms with van der Waals surface area (Å²) in [6, 6.07) is 12.5. The van der Waals surface area contributed by atoms with Crippen LogP contribution in [0.2, 0.25) is 0 Å². The van der Waals surface area contributed by atoms with Crippen LogP contribution in [0.25, 0.3) is 10.9 Å². The third-order valence-electron chi connectivity index (χ3n) is 3.41. The van der Waals surface area contributed by atoms with E-state index in [0.29, 0.717) is 5.75 Å². The van der Waals surface area contributed by atoms with Crippen LogP contribution < -0.4 is 15.6 Å². The molecule has 0 saturated heterocycles. The van der Waals surface area contributed by atoms with Crippen molar-refractivity contribution in [3.63, 3.8) is 0 Å². The highest BCUT2D eigenvalue weighted by Crippen LogP contribution is 2.18. The van der Waals surface area contributed by atoms with E-state index in [1.165, 1.54) is 12.3 Å². The largest absolute Gasteiger partial charge is 0.481 e. The Kier molecular flexibility index (Phi) is 5.07. The van der Waals surface area contributed by atoms with Gasteiger partial charge in [-0.2, -0.15) is 0 Å². The second-order valence-electron chi connectivity index (χ2n) is 5.10. The van der Waals surface area contributed by atoms with Crippen LogP contribution in [0.3, 0.4) is 0 Å². The molecular weight excluding hydrogens is 318 g/mol. The maximum Gasteiger partial charge on any atom is 0.260 e. The monoisotopic (exact) mass is 333 g/mol. The molecule has 25 heavy (non-hydrogen) atoms. The number of amides is 1. The molecule has 0 bridgehead atoms. The number of aromatic amines is 1. The maximum absolute atomic E-state index is 11.8. The van der Waals surface area contributed by atoms with Crippen LogP contribution in [-0.2, 0) is 0 Å². The molecule has 124 valence electrons. The molecule has 1 aromatic carbocycles. The van der Waals surface area contributed by atoms with Gasteiger partial charge in [-0.3, -0.25) is 14.6 Å². The van der Waals surface area contributed by atoms with Gasteiger partial charge in [-0.05, 0) is 30.3 Å². The number of nitrogens with zero attached hydrogens (tertiary/aromatic N) is 1. The van der Waals surface area contributed by atoms with Crippen molar-refractivity contribution in [2.45, 2.75) is 0 Å². The Labute approximate surface area is 143 Å². The van der Waals surface area contributed by atoms with Crippen LogP contribution >= 0.6 is 0 Å². The van der Waals surface area contributed by atoms with Gasteiger partial charge >= 0.3 is 0 Å². The number of fused-ring (bicyclic) bond motifs is 1. The number of ether oxygens (including phenoxy) is 1. The predicted octanol–water partition coefficient (Wildman–Crippen LogP) is 1.74. The molecule has 2 N–H and O–H groups in total. The van der Waals surface area contributed by atoms with Gasteiger partial charge in [0.05, 0.1) is 12.1 Å². The van der Waals surface area contributed by atoms with Gasteiger partial charge in [0.25, 0.3) is 11.5 Å². The van der Waals surface area contributed by atoms with E-state index in [9.17, 15) is 9.59 Å². The minimum atomic E-state index is -0.460. The van der Waals surface area contributed by atoms with Gasteiger partial charge in [0, 0.05) is 23.8 Å². The number of hydrogen-bond donors (Lipinski definition) is 2. The molecule has 0 spiro atoms. The molecule has 0 unspecified atom stereocenters. The number of nitrogens with one attached hydrogen (secondary N) is 2. The first kappa shape index (κ1) is 16.3. The van der Waals surface area contributed by atoms with E-state index in [1.54, 1.807) is 12.3 Å². The third-order valence-corrected chi connectivity index (χ3v) is 3.41. The zero-order valence-corrected chi connectivity index (χ0v) is 13.3. The highest BCUT2D eigenvalue weighted by molar-refractivity contribution is 5.93. The molecule has 0 saturated carbocycles. The SMILES string of the molecule is O=C(NCC#CCOc1ccc2cccnc2c1)c1ccc[nH]c1=O. The third kappa shape index (κ3) is 4.24. The van der Waals surface area contributed by atoms with E-state index in [-0.39, 0.29) is 18.7 Å². The average molecular weight is 333 g/mol. The van der Waals surface area contributed by atoms with Gasteiger partial charge in [0.15, 0.2) is 0 Å². The maximum atomic E-state index is 11.8. The highest BCUT2D eigenvalue weighted by atomic mass is 16.5. The second kappa shape index (κ2) is 7.79.